The lowest BCUT2D eigenvalue weighted by Crippen LogP contribution is -2.48. The molecule has 8 heteroatoms. The average molecular weight is 380 g/mol. The summed E-state index contributed by atoms with van der Waals surface area (Å²) in [6.07, 6.45) is 0. The molecule has 1 fully saturated rings. The van der Waals surface area contributed by atoms with E-state index in [1.165, 1.54) is 28.4 Å². The van der Waals surface area contributed by atoms with Crippen molar-refractivity contribution in [3.8, 4) is 0 Å². The minimum atomic E-state index is -3.61. The summed E-state index contributed by atoms with van der Waals surface area (Å²) in [7, 11) is -2.34. The van der Waals surface area contributed by atoms with E-state index in [9.17, 15) is 13.2 Å². The number of hydrogen-bond acceptors (Lipinski definition) is 6. The van der Waals surface area contributed by atoms with Gasteiger partial charge >= 0.3 is 5.97 Å². The third kappa shape index (κ3) is 4.09. The molecule has 0 unspecified atom stereocenters. The van der Waals surface area contributed by atoms with Crippen molar-refractivity contribution in [3.05, 3.63) is 52.2 Å². The Balaban J connectivity index is 1.68. The van der Waals surface area contributed by atoms with Gasteiger partial charge in [0.05, 0.1) is 17.6 Å². The molecule has 0 radical (unpaired) electrons. The lowest BCUT2D eigenvalue weighted by Gasteiger charge is -2.33. The molecule has 0 bridgehead atoms. The Kier molecular flexibility index (Phi) is 5.53. The lowest BCUT2D eigenvalue weighted by molar-refractivity contribution is 0.0600. The lowest BCUT2D eigenvalue weighted by atomic mass is 10.2. The smallest absolute Gasteiger partial charge is 0.337 e. The number of sulfonamides is 1. The van der Waals surface area contributed by atoms with Gasteiger partial charge in [-0.2, -0.15) is 4.31 Å². The maximum Gasteiger partial charge on any atom is 0.337 e. The maximum atomic E-state index is 12.8. The molecule has 134 valence electrons. The van der Waals surface area contributed by atoms with Gasteiger partial charge in [-0.15, -0.1) is 11.3 Å². The molecule has 2 aromatic rings. The fraction of sp³-hybridized carbons (Fsp3) is 0.353. The third-order valence-corrected chi connectivity index (χ3v) is 6.94. The topological polar surface area (TPSA) is 66.9 Å². The standard InChI is InChI=1S/C17H20N2O4S2/c1-23-17(20)14-4-2-6-16(12-14)25(21,22)19-9-7-18(8-10-19)13-15-5-3-11-24-15/h2-6,11-12H,7-10,13H2,1H3. The van der Waals surface area contributed by atoms with Crippen molar-refractivity contribution < 1.29 is 17.9 Å². The van der Waals surface area contributed by atoms with Crippen molar-refractivity contribution in [2.45, 2.75) is 11.4 Å². The zero-order valence-electron chi connectivity index (χ0n) is 13.9. The molecule has 3 rings (SSSR count). The van der Waals surface area contributed by atoms with Crippen LogP contribution in [0.15, 0.2) is 46.7 Å². The summed E-state index contributed by atoms with van der Waals surface area (Å²) in [5.41, 5.74) is 0.236. The first-order valence-corrected chi connectivity index (χ1v) is 10.3. The molecule has 0 atom stereocenters. The first-order valence-electron chi connectivity index (χ1n) is 7.94. The number of benzene rings is 1. The largest absolute Gasteiger partial charge is 0.465 e. The molecule has 1 aliphatic rings. The molecule has 1 aromatic carbocycles. The molecule has 0 spiro atoms. The Morgan fingerprint density at radius 3 is 2.56 bits per heavy atom. The van der Waals surface area contributed by atoms with E-state index < -0.39 is 16.0 Å². The number of thiophene rings is 1. The predicted octanol–water partition coefficient (Wildman–Crippen LogP) is 2.04. The summed E-state index contributed by atoms with van der Waals surface area (Å²) >= 11 is 1.71. The molecule has 6 nitrogen and oxygen atoms in total. The van der Waals surface area contributed by atoms with Gasteiger partial charge < -0.3 is 4.74 Å². The van der Waals surface area contributed by atoms with Gasteiger partial charge in [-0.05, 0) is 29.6 Å². The third-order valence-electron chi connectivity index (χ3n) is 4.18. The molecule has 0 saturated carbocycles. The van der Waals surface area contributed by atoms with Crippen molar-refractivity contribution in [2.24, 2.45) is 0 Å². The summed E-state index contributed by atoms with van der Waals surface area (Å²) in [5, 5.41) is 2.05. The number of rotatable bonds is 5. The van der Waals surface area contributed by atoms with Crippen LogP contribution in [0.1, 0.15) is 15.2 Å². The zero-order chi connectivity index (χ0) is 17.9. The molecule has 0 amide bonds. The van der Waals surface area contributed by atoms with E-state index in [2.05, 4.69) is 15.7 Å². The first-order chi connectivity index (χ1) is 12.0. The molecule has 0 aliphatic carbocycles. The van der Waals surface area contributed by atoms with Gasteiger partial charge in [-0.25, -0.2) is 13.2 Å². The number of ether oxygens (including phenoxy) is 1. The van der Waals surface area contributed by atoms with Crippen molar-refractivity contribution in [1.82, 2.24) is 9.21 Å². The van der Waals surface area contributed by atoms with Gasteiger partial charge in [0, 0.05) is 37.6 Å². The minimum Gasteiger partial charge on any atom is -0.465 e. The number of esters is 1. The summed E-state index contributed by atoms with van der Waals surface area (Å²) in [4.78, 5) is 15.3. The van der Waals surface area contributed by atoms with E-state index in [0.717, 1.165) is 6.54 Å². The summed E-state index contributed by atoms with van der Waals surface area (Å²) < 4.78 is 31.8. The van der Waals surface area contributed by atoms with Crippen LogP contribution in [-0.2, 0) is 21.3 Å². The first kappa shape index (κ1) is 18.1. The normalized spacial score (nSPS) is 16.7. The van der Waals surface area contributed by atoms with E-state index in [0.29, 0.717) is 26.2 Å². The molecule has 1 aliphatic heterocycles. The maximum absolute atomic E-state index is 12.8. The van der Waals surface area contributed by atoms with Crippen molar-refractivity contribution >= 4 is 27.3 Å². The number of nitrogens with zero attached hydrogens (tertiary/aromatic N) is 2. The number of piperazine rings is 1. The van der Waals surface area contributed by atoms with Gasteiger partial charge in [0.1, 0.15) is 0 Å². The van der Waals surface area contributed by atoms with E-state index >= 15 is 0 Å². The second-order valence-corrected chi connectivity index (χ2v) is 8.75. The highest BCUT2D eigenvalue weighted by Crippen LogP contribution is 2.20. The summed E-state index contributed by atoms with van der Waals surface area (Å²) in [6, 6.07) is 10.1. The highest BCUT2D eigenvalue weighted by atomic mass is 32.2. The highest BCUT2D eigenvalue weighted by molar-refractivity contribution is 7.89. The fourth-order valence-electron chi connectivity index (χ4n) is 2.80. The SMILES string of the molecule is COC(=O)c1cccc(S(=O)(=O)N2CCN(Cc3cccs3)CC2)c1. The number of methoxy groups -OCH3 is 1. The second-order valence-electron chi connectivity index (χ2n) is 5.78. The molecule has 2 heterocycles. The molecule has 1 aromatic heterocycles. The molecule has 1 saturated heterocycles. The monoisotopic (exact) mass is 380 g/mol. The van der Waals surface area contributed by atoms with Gasteiger partial charge in [0.2, 0.25) is 10.0 Å². The van der Waals surface area contributed by atoms with Crippen molar-refractivity contribution in [3.63, 3.8) is 0 Å². The van der Waals surface area contributed by atoms with Crippen LogP contribution in [0.25, 0.3) is 0 Å². The quantitative estimate of drug-likeness (QED) is 0.743. The molecule has 0 N–H and O–H groups in total. The van der Waals surface area contributed by atoms with E-state index in [1.807, 2.05) is 11.4 Å². The summed E-state index contributed by atoms with van der Waals surface area (Å²) in [6.45, 7) is 3.11. The number of carbonyl (C=O) groups excluding carboxylic acids is 1. The summed E-state index contributed by atoms with van der Waals surface area (Å²) in [5.74, 6) is -0.544. The second kappa shape index (κ2) is 7.65. The Bertz CT molecular complexity index is 826. The molecular formula is C17H20N2O4S2. The van der Waals surface area contributed by atoms with Crippen LogP contribution in [0.5, 0.6) is 0 Å². The van der Waals surface area contributed by atoms with E-state index in [4.69, 9.17) is 0 Å². The number of carbonyl (C=O) groups is 1. The van der Waals surface area contributed by atoms with Gasteiger partial charge in [0.15, 0.2) is 0 Å². The predicted molar refractivity (Wildman–Crippen MR) is 96.1 cm³/mol. The fourth-order valence-corrected chi connectivity index (χ4v) is 5.02. The van der Waals surface area contributed by atoms with Crippen molar-refractivity contribution in [2.75, 3.05) is 33.3 Å². The average Bonchev–Trinajstić information content (AvgIpc) is 3.14. The van der Waals surface area contributed by atoms with Crippen LogP contribution in [0.4, 0.5) is 0 Å². The minimum absolute atomic E-state index is 0.127. The van der Waals surface area contributed by atoms with E-state index in [1.54, 1.807) is 23.5 Å². The molecule has 25 heavy (non-hydrogen) atoms. The van der Waals surface area contributed by atoms with Crippen LogP contribution in [0, 0.1) is 0 Å². The van der Waals surface area contributed by atoms with Gasteiger partial charge in [-0.1, -0.05) is 12.1 Å². The van der Waals surface area contributed by atoms with Gasteiger partial charge in [-0.3, -0.25) is 4.90 Å². The zero-order valence-corrected chi connectivity index (χ0v) is 15.6. The van der Waals surface area contributed by atoms with Crippen LogP contribution in [0.2, 0.25) is 0 Å². The van der Waals surface area contributed by atoms with Crippen molar-refractivity contribution in [1.29, 1.82) is 0 Å². The Morgan fingerprint density at radius 1 is 1.16 bits per heavy atom. The van der Waals surface area contributed by atoms with Crippen LogP contribution >= 0.6 is 11.3 Å². The number of hydrogen-bond donors (Lipinski definition) is 0. The van der Waals surface area contributed by atoms with Crippen LogP contribution in [-0.4, -0.2) is 56.9 Å². The van der Waals surface area contributed by atoms with E-state index in [-0.39, 0.29) is 10.5 Å². The van der Waals surface area contributed by atoms with Crippen LogP contribution < -0.4 is 0 Å². The molecular weight excluding hydrogens is 360 g/mol. The van der Waals surface area contributed by atoms with Crippen LogP contribution in [0.3, 0.4) is 0 Å². The Hall–Kier alpha value is -1.74. The Labute approximate surface area is 151 Å². The van der Waals surface area contributed by atoms with Gasteiger partial charge in [0.25, 0.3) is 0 Å². The highest BCUT2D eigenvalue weighted by Gasteiger charge is 2.29. The Morgan fingerprint density at radius 2 is 1.92 bits per heavy atom.